The molecule has 0 aromatic rings. The molecule has 4 heteroatoms. The SMILES string of the molecule is CCCC(CCC)C(=O)N1CCC(CCC(=O)O)CC1. The summed E-state index contributed by atoms with van der Waals surface area (Å²) >= 11 is 0. The first kappa shape index (κ1) is 17.0. The summed E-state index contributed by atoms with van der Waals surface area (Å²) in [4.78, 5) is 25.1. The molecular weight excluding hydrogens is 254 g/mol. The monoisotopic (exact) mass is 283 g/mol. The molecule has 1 fully saturated rings. The lowest BCUT2D eigenvalue weighted by Gasteiger charge is -2.34. The lowest BCUT2D eigenvalue weighted by atomic mass is 9.90. The van der Waals surface area contributed by atoms with Crippen molar-refractivity contribution in [2.45, 2.75) is 65.2 Å². The number of likely N-dealkylation sites (tertiary alicyclic amines) is 1. The van der Waals surface area contributed by atoms with Crippen molar-refractivity contribution in [1.82, 2.24) is 4.90 Å². The maximum absolute atomic E-state index is 12.5. The number of amides is 1. The Morgan fingerprint density at radius 3 is 2.15 bits per heavy atom. The van der Waals surface area contributed by atoms with E-state index >= 15 is 0 Å². The zero-order chi connectivity index (χ0) is 15.0. The molecule has 0 spiro atoms. The van der Waals surface area contributed by atoms with E-state index in [-0.39, 0.29) is 12.3 Å². The first-order valence-electron chi connectivity index (χ1n) is 8.09. The smallest absolute Gasteiger partial charge is 0.303 e. The summed E-state index contributed by atoms with van der Waals surface area (Å²) in [5.74, 6) is 0.284. The van der Waals surface area contributed by atoms with Crippen LogP contribution in [0.4, 0.5) is 0 Å². The fourth-order valence-corrected chi connectivity index (χ4v) is 3.12. The average molecular weight is 283 g/mol. The molecule has 1 rings (SSSR count). The van der Waals surface area contributed by atoms with Crippen LogP contribution in [0, 0.1) is 11.8 Å². The summed E-state index contributed by atoms with van der Waals surface area (Å²) in [6.07, 6.45) is 7.04. The van der Waals surface area contributed by atoms with E-state index in [1.165, 1.54) is 0 Å². The number of carboxylic acid groups (broad SMARTS) is 1. The maximum Gasteiger partial charge on any atom is 0.303 e. The molecule has 1 aliphatic rings. The maximum atomic E-state index is 12.5. The Morgan fingerprint density at radius 1 is 1.15 bits per heavy atom. The van der Waals surface area contributed by atoms with Gasteiger partial charge in [0.1, 0.15) is 0 Å². The largest absolute Gasteiger partial charge is 0.481 e. The van der Waals surface area contributed by atoms with Crippen LogP contribution in [0.25, 0.3) is 0 Å². The van der Waals surface area contributed by atoms with Gasteiger partial charge in [0.25, 0.3) is 0 Å². The first-order chi connectivity index (χ1) is 9.58. The Morgan fingerprint density at radius 2 is 1.70 bits per heavy atom. The number of carbonyl (C=O) groups is 2. The Balaban J connectivity index is 2.39. The van der Waals surface area contributed by atoms with Gasteiger partial charge in [-0.05, 0) is 38.0 Å². The van der Waals surface area contributed by atoms with Crippen LogP contribution < -0.4 is 0 Å². The van der Waals surface area contributed by atoms with Crippen LogP contribution in [-0.2, 0) is 9.59 Å². The predicted octanol–water partition coefficient (Wildman–Crippen LogP) is 3.31. The van der Waals surface area contributed by atoms with E-state index in [1.807, 2.05) is 4.90 Å². The molecule has 1 aliphatic heterocycles. The van der Waals surface area contributed by atoms with Gasteiger partial charge in [0.2, 0.25) is 5.91 Å². The number of nitrogens with zero attached hydrogens (tertiary/aromatic N) is 1. The summed E-state index contributed by atoms with van der Waals surface area (Å²) in [5, 5.41) is 8.71. The fourth-order valence-electron chi connectivity index (χ4n) is 3.12. The number of aliphatic carboxylic acids is 1. The highest BCUT2D eigenvalue weighted by Gasteiger charge is 2.27. The lowest BCUT2D eigenvalue weighted by molar-refractivity contribution is -0.139. The van der Waals surface area contributed by atoms with Crippen LogP contribution in [0.3, 0.4) is 0 Å². The first-order valence-corrected chi connectivity index (χ1v) is 8.09. The zero-order valence-electron chi connectivity index (χ0n) is 12.9. The molecule has 0 unspecified atom stereocenters. The van der Waals surface area contributed by atoms with E-state index in [1.54, 1.807) is 0 Å². The third-order valence-corrected chi connectivity index (χ3v) is 4.32. The van der Waals surface area contributed by atoms with Crippen LogP contribution in [-0.4, -0.2) is 35.0 Å². The van der Waals surface area contributed by atoms with Gasteiger partial charge < -0.3 is 10.0 Å². The molecule has 0 aliphatic carbocycles. The van der Waals surface area contributed by atoms with E-state index in [0.29, 0.717) is 11.8 Å². The molecule has 4 nitrogen and oxygen atoms in total. The molecule has 1 heterocycles. The molecule has 20 heavy (non-hydrogen) atoms. The number of piperidine rings is 1. The Kier molecular flexibility index (Phi) is 7.63. The highest BCUT2D eigenvalue weighted by molar-refractivity contribution is 5.78. The van der Waals surface area contributed by atoms with E-state index in [0.717, 1.165) is 58.0 Å². The molecule has 0 radical (unpaired) electrons. The third-order valence-electron chi connectivity index (χ3n) is 4.32. The second-order valence-electron chi connectivity index (χ2n) is 5.98. The van der Waals surface area contributed by atoms with Crippen LogP contribution in [0.2, 0.25) is 0 Å². The van der Waals surface area contributed by atoms with Gasteiger partial charge in [-0.3, -0.25) is 9.59 Å². The topological polar surface area (TPSA) is 57.6 Å². The van der Waals surface area contributed by atoms with Crippen molar-refractivity contribution in [3.05, 3.63) is 0 Å². The second-order valence-corrected chi connectivity index (χ2v) is 5.98. The van der Waals surface area contributed by atoms with Crippen molar-refractivity contribution >= 4 is 11.9 Å². The summed E-state index contributed by atoms with van der Waals surface area (Å²) in [6.45, 7) is 5.89. The van der Waals surface area contributed by atoms with E-state index in [4.69, 9.17) is 5.11 Å². The molecular formula is C16H29NO3. The number of hydrogen-bond donors (Lipinski definition) is 1. The average Bonchev–Trinajstić information content (AvgIpc) is 2.44. The summed E-state index contributed by atoms with van der Waals surface area (Å²) < 4.78 is 0. The molecule has 0 aromatic heterocycles. The van der Waals surface area contributed by atoms with Gasteiger partial charge >= 0.3 is 5.97 Å². The van der Waals surface area contributed by atoms with Crippen molar-refractivity contribution in [2.24, 2.45) is 11.8 Å². The minimum Gasteiger partial charge on any atom is -0.481 e. The Labute approximate surface area is 122 Å². The summed E-state index contributed by atoms with van der Waals surface area (Å²) in [6, 6.07) is 0. The van der Waals surface area contributed by atoms with Crippen molar-refractivity contribution in [3.8, 4) is 0 Å². The molecule has 1 saturated heterocycles. The fraction of sp³-hybridized carbons (Fsp3) is 0.875. The van der Waals surface area contributed by atoms with Crippen molar-refractivity contribution in [3.63, 3.8) is 0 Å². The lowest BCUT2D eigenvalue weighted by Crippen LogP contribution is -2.41. The molecule has 0 saturated carbocycles. The van der Waals surface area contributed by atoms with Gasteiger partial charge in [-0.2, -0.15) is 0 Å². The third kappa shape index (κ3) is 5.51. The second kappa shape index (κ2) is 8.98. The molecule has 0 aromatic carbocycles. The zero-order valence-corrected chi connectivity index (χ0v) is 12.9. The van der Waals surface area contributed by atoms with E-state index in [2.05, 4.69) is 13.8 Å². The van der Waals surface area contributed by atoms with Gasteiger partial charge in [-0.15, -0.1) is 0 Å². The van der Waals surface area contributed by atoms with Gasteiger partial charge in [0.15, 0.2) is 0 Å². The summed E-state index contributed by atoms with van der Waals surface area (Å²) in [7, 11) is 0. The number of carbonyl (C=O) groups excluding carboxylic acids is 1. The van der Waals surface area contributed by atoms with Gasteiger partial charge in [-0.25, -0.2) is 0 Å². The van der Waals surface area contributed by atoms with Crippen molar-refractivity contribution < 1.29 is 14.7 Å². The molecule has 0 atom stereocenters. The minimum atomic E-state index is -0.713. The van der Waals surface area contributed by atoms with Crippen LogP contribution in [0.15, 0.2) is 0 Å². The van der Waals surface area contributed by atoms with E-state index < -0.39 is 5.97 Å². The summed E-state index contributed by atoms with van der Waals surface area (Å²) in [5.41, 5.74) is 0. The van der Waals surface area contributed by atoms with Crippen LogP contribution >= 0.6 is 0 Å². The number of rotatable bonds is 8. The van der Waals surface area contributed by atoms with Gasteiger partial charge in [-0.1, -0.05) is 26.7 Å². The molecule has 1 N–H and O–H groups in total. The molecule has 116 valence electrons. The minimum absolute atomic E-state index is 0.195. The standard InChI is InChI=1S/C16H29NO3/c1-3-5-14(6-4-2)16(20)17-11-9-13(10-12-17)7-8-15(18)19/h13-14H,3-12H2,1-2H3,(H,18,19). The van der Waals surface area contributed by atoms with Crippen LogP contribution in [0.5, 0.6) is 0 Å². The predicted molar refractivity (Wildman–Crippen MR) is 79.5 cm³/mol. The van der Waals surface area contributed by atoms with Crippen molar-refractivity contribution in [2.75, 3.05) is 13.1 Å². The highest BCUT2D eigenvalue weighted by atomic mass is 16.4. The van der Waals surface area contributed by atoms with Gasteiger partial charge in [0.05, 0.1) is 0 Å². The quantitative estimate of drug-likeness (QED) is 0.743. The van der Waals surface area contributed by atoms with Gasteiger partial charge in [0, 0.05) is 25.4 Å². The normalized spacial score (nSPS) is 16.6. The van der Waals surface area contributed by atoms with Crippen molar-refractivity contribution in [1.29, 1.82) is 0 Å². The van der Waals surface area contributed by atoms with E-state index in [9.17, 15) is 9.59 Å². The highest BCUT2D eigenvalue weighted by Crippen LogP contribution is 2.25. The van der Waals surface area contributed by atoms with Crippen LogP contribution in [0.1, 0.15) is 65.2 Å². The molecule has 0 bridgehead atoms. The number of carboxylic acids is 1. The Bertz CT molecular complexity index is 303. The Hall–Kier alpha value is -1.06. The molecule has 1 amide bonds. The number of hydrogen-bond acceptors (Lipinski definition) is 2.